The molecule has 3 aromatic rings. The van der Waals surface area contributed by atoms with Crippen LogP contribution >= 0.6 is 15.9 Å². The first-order chi connectivity index (χ1) is 12.0. The van der Waals surface area contributed by atoms with Crippen molar-refractivity contribution in [1.29, 1.82) is 5.41 Å². The average molecular weight is 393 g/mol. The van der Waals surface area contributed by atoms with Crippen LogP contribution in [0.15, 0.2) is 59.2 Å². The molecule has 0 unspecified atom stereocenters. The summed E-state index contributed by atoms with van der Waals surface area (Å²) in [6, 6.07) is 14.0. The Balaban J connectivity index is 1.97. The van der Waals surface area contributed by atoms with Crippen LogP contribution in [0.2, 0.25) is 0 Å². The maximum absolute atomic E-state index is 12.8. The number of aryl methyl sites for hydroxylation is 1. The smallest absolute Gasteiger partial charge is 0.196 e. The third-order valence-corrected chi connectivity index (χ3v) is 4.99. The maximum Gasteiger partial charge on any atom is 0.196 e. The van der Waals surface area contributed by atoms with Gasteiger partial charge in [-0.3, -0.25) is 15.0 Å². The molecular formula is C20H13BrN2O2. The van der Waals surface area contributed by atoms with E-state index < -0.39 is 0 Å². The summed E-state index contributed by atoms with van der Waals surface area (Å²) in [5.74, 6) is -0.406. The lowest BCUT2D eigenvalue weighted by Crippen LogP contribution is -2.27. The molecule has 4 nitrogen and oxygen atoms in total. The van der Waals surface area contributed by atoms with Crippen LogP contribution in [0, 0.1) is 12.3 Å². The van der Waals surface area contributed by atoms with Crippen molar-refractivity contribution in [2.75, 3.05) is 0 Å². The van der Waals surface area contributed by atoms with Crippen LogP contribution in [-0.4, -0.2) is 16.1 Å². The number of halogens is 1. The number of nitrogens with one attached hydrogen (secondary N) is 1. The minimum Gasteiger partial charge on any atom is -0.300 e. The summed E-state index contributed by atoms with van der Waals surface area (Å²) in [6.07, 6.45) is 1.59. The highest BCUT2D eigenvalue weighted by molar-refractivity contribution is 9.10. The van der Waals surface area contributed by atoms with Crippen molar-refractivity contribution in [3.05, 3.63) is 92.5 Å². The molecule has 0 atom stereocenters. The minimum atomic E-state index is -0.214. The van der Waals surface area contributed by atoms with Gasteiger partial charge in [0.15, 0.2) is 11.6 Å². The number of fused-ring (bicyclic) bond motifs is 2. The summed E-state index contributed by atoms with van der Waals surface area (Å²) in [6.45, 7) is 1.98. The van der Waals surface area contributed by atoms with Crippen molar-refractivity contribution >= 4 is 27.5 Å². The van der Waals surface area contributed by atoms with E-state index in [2.05, 4.69) is 15.9 Å². The molecule has 0 aliphatic heterocycles. The van der Waals surface area contributed by atoms with Gasteiger partial charge in [0.1, 0.15) is 5.49 Å². The molecule has 5 heteroatoms. The number of pyridine rings is 1. The van der Waals surface area contributed by atoms with Crippen molar-refractivity contribution in [3.63, 3.8) is 0 Å². The molecule has 0 spiro atoms. The third-order valence-electron chi connectivity index (χ3n) is 4.36. The van der Waals surface area contributed by atoms with Crippen LogP contribution in [0.4, 0.5) is 0 Å². The van der Waals surface area contributed by atoms with E-state index in [0.717, 1.165) is 15.7 Å². The first-order valence-corrected chi connectivity index (χ1v) is 8.53. The molecule has 0 amide bonds. The number of carbonyl (C=O) groups excluding carboxylic acids is 2. The van der Waals surface area contributed by atoms with Gasteiger partial charge < -0.3 is 4.57 Å². The molecule has 1 heterocycles. The second-order valence-corrected chi connectivity index (χ2v) is 6.87. The van der Waals surface area contributed by atoms with Gasteiger partial charge in [-0.15, -0.1) is 0 Å². The van der Waals surface area contributed by atoms with Crippen molar-refractivity contribution < 1.29 is 9.59 Å². The summed E-state index contributed by atoms with van der Waals surface area (Å²) < 4.78 is 2.43. The predicted octanol–water partition coefficient (Wildman–Crippen LogP) is 3.80. The number of ketones is 2. The molecule has 1 aliphatic carbocycles. The highest BCUT2D eigenvalue weighted by atomic mass is 79.9. The van der Waals surface area contributed by atoms with Gasteiger partial charge in [-0.05, 0) is 46.6 Å². The van der Waals surface area contributed by atoms with Gasteiger partial charge in [0, 0.05) is 27.4 Å². The zero-order chi connectivity index (χ0) is 17.7. The highest BCUT2D eigenvalue weighted by Crippen LogP contribution is 2.28. The molecule has 1 N–H and O–H groups in total. The molecule has 122 valence electrons. The zero-order valence-corrected chi connectivity index (χ0v) is 14.9. The Morgan fingerprint density at radius 3 is 2.16 bits per heavy atom. The van der Waals surface area contributed by atoms with Gasteiger partial charge in [-0.25, -0.2) is 0 Å². The van der Waals surface area contributed by atoms with Crippen LogP contribution in [-0.2, 0) is 0 Å². The van der Waals surface area contributed by atoms with E-state index in [-0.39, 0.29) is 22.6 Å². The summed E-state index contributed by atoms with van der Waals surface area (Å²) >= 11 is 3.51. The Kier molecular flexibility index (Phi) is 3.54. The Bertz CT molecular complexity index is 1130. The second kappa shape index (κ2) is 5.63. The molecule has 2 aromatic carbocycles. The van der Waals surface area contributed by atoms with Crippen molar-refractivity contribution in [2.45, 2.75) is 6.92 Å². The number of rotatable bonds is 1. The van der Waals surface area contributed by atoms with Crippen molar-refractivity contribution in [2.24, 2.45) is 0 Å². The van der Waals surface area contributed by atoms with Crippen LogP contribution < -0.4 is 5.49 Å². The number of aromatic nitrogens is 1. The van der Waals surface area contributed by atoms with Crippen molar-refractivity contribution in [3.8, 4) is 5.69 Å². The lowest BCUT2D eigenvalue weighted by atomic mass is 9.85. The molecule has 1 aromatic heterocycles. The lowest BCUT2D eigenvalue weighted by molar-refractivity contribution is 0.0978. The number of hydrogen-bond donors (Lipinski definition) is 1. The molecule has 1 aliphatic rings. The number of benzene rings is 2. The van der Waals surface area contributed by atoms with Crippen molar-refractivity contribution in [1.82, 2.24) is 4.57 Å². The van der Waals surface area contributed by atoms with E-state index in [9.17, 15) is 9.59 Å². The summed E-state index contributed by atoms with van der Waals surface area (Å²) in [4.78, 5) is 25.6. The Hall–Kier alpha value is -2.79. The molecule has 25 heavy (non-hydrogen) atoms. The fourth-order valence-corrected chi connectivity index (χ4v) is 3.78. The largest absolute Gasteiger partial charge is 0.300 e. The summed E-state index contributed by atoms with van der Waals surface area (Å²) in [7, 11) is 0. The maximum atomic E-state index is 12.8. The van der Waals surface area contributed by atoms with E-state index in [1.165, 1.54) is 6.07 Å². The summed E-state index contributed by atoms with van der Waals surface area (Å²) in [5, 5.41) is 8.32. The number of carbonyl (C=O) groups is 2. The molecule has 4 rings (SSSR count). The van der Waals surface area contributed by atoms with Crippen LogP contribution in [0.5, 0.6) is 0 Å². The number of nitrogens with zero attached hydrogens (tertiary/aromatic N) is 1. The Morgan fingerprint density at radius 1 is 0.880 bits per heavy atom. The van der Waals surface area contributed by atoms with Gasteiger partial charge in [-0.1, -0.05) is 30.3 Å². The van der Waals surface area contributed by atoms with Gasteiger partial charge in [0.2, 0.25) is 0 Å². The van der Waals surface area contributed by atoms with Gasteiger partial charge in [0.05, 0.1) is 11.3 Å². The molecule has 0 saturated heterocycles. The standard InChI is InChI=1S/C20H13BrN2O2/c1-11-6-7-17(16(21)8-11)23-10-15-14(9-18(23)22)19(24)12-4-2-3-5-13(12)20(15)25/h2-10,22H,1H3. The molecule has 0 saturated carbocycles. The van der Waals surface area contributed by atoms with E-state index in [1.54, 1.807) is 35.0 Å². The first kappa shape index (κ1) is 15.7. The van der Waals surface area contributed by atoms with E-state index in [0.29, 0.717) is 16.7 Å². The zero-order valence-electron chi connectivity index (χ0n) is 13.3. The minimum absolute atomic E-state index is 0.142. The predicted molar refractivity (Wildman–Crippen MR) is 97.4 cm³/mol. The van der Waals surface area contributed by atoms with Gasteiger partial charge in [-0.2, -0.15) is 0 Å². The highest BCUT2D eigenvalue weighted by Gasteiger charge is 2.30. The fourth-order valence-electron chi connectivity index (χ4n) is 3.10. The quantitative estimate of drug-likeness (QED) is 0.535. The Labute approximate surface area is 152 Å². The molecular weight excluding hydrogens is 380 g/mol. The van der Waals surface area contributed by atoms with E-state index in [4.69, 9.17) is 5.41 Å². The Morgan fingerprint density at radius 2 is 1.52 bits per heavy atom. The second-order valence-electron chi connectivity index (χ2n) is 6.01. The SMILES string of the molecule is Cc1ccc(-n2cc3c(cc2=N)C(=O)c2ccccc2C3=O)c(Br)c1. The van der Waals surface area contributed by atoms with Crippen LogP contribution in [0.25, 0.3) is 5.69 Å². The lowest BCUT2D eigenvalue weighted by Gasteiger charge is -2.19. The third kappa shape index (κ3) is 2.39. The molecule has 0 bridgehead atoms. The fraction of sp³-hybridized carbons (Fsp3) is 0.0500. The first-order valence-electron chi connectivity index (χ1n) is 7.73. The number of hydrogen-bond acceptors (Lipinski definition) is 3. The van der Waals surface area contributed by atoms with Gasteiger partial charge in [0.25, 0.3) is 0 Å². The summed E-state index contributed by atoms with van der Waals surface area (Å²) in [5.41, 5.74) is 3.39. The van der Waals surface area contributed by atoms with Crippen LogP contribution in [0.3, 0.4) is 0 Å². The average Bonchev–Trinajstić information content (AvgIpc) is 2.60. The monoisotopic (exact) mass is 392 g/mol. The van der Waals surface area contributed by atoms with E-state index >= 15 is 0 Å². The molecule has 0 radical (unpaired) electrons. The van der Waals surface area contributed by atoms with Gasteiger partial charge >= 0.3 is 0 Å². The van der Waals surface area contributed by atoms with Crippen LogP contribution in [0.1, 0.15) is 37.4 Å². The molecule has 0 fully saturated rings. The normalized spacial score (nSPS) is 12.7. The topological polar surface area (TPSA) is 62.9 Å². The van der Waals surface area contributed by atoms with E-state index in [1.807, 2.05) is 25.1 Å².